The molecule has 0 aliphatic rings. The topological polar surface area (TPSA) is 38.0 Å². The van der Waals surface area contributed by atoms with Crippen LogP contribution in [-0.2, 0) is 0 Å². The van der Waals surface area contributed by atoms with E-state index < -0.39 is 0 Å². The molecule has 0 saturated carbocycles. The molecule has 0 unspecified atom stereocenters. The molecular formula is C9H16N2S. The van der Waals surface area contributed by atoms with Crippen LogP contribution in [0.3, 0.4) is 0 Å². The summed E-state index contributed by atoms with van der Waals surface area (Å²) in [6, 6.07) is 6.05. The van der Waals surface area contributed by atoms with Gasteiger partial charge in [0.25, 0.3) is 0 Å². The van der Waals surface area contributed by atoms with Gasteiger partial charge in [-0.2, -0.15) is 0 Å². The van der Waals surface area contributed by atoms with Crippen LogP contribution in [0, 0.1) is 13.8 Å². The molecule has 1 aromatic rings. The van der Waals surface area contributed by atoms with E-state index in [2.05, 4.69) is 5.32 Å². The molecule has 0 saturated heterocycles. The highest BCUT2D eigenvalue weighted by Crippen LogP contribution is 2.18. The van der Waals surface area contributed by atoms with Gasteiger partial charge in [0.15, 0.2) is 5.11 Å². The van der Waals surface area contributed by atoms with Gasteiger partial charge in [0.05, 0.1) is 0 Å². The molecule has 0 aromatic heterocycles. The van der Waals surface area contributed by atoms with E-state index in [0.717, 1.165) is 16.8 Å². The summed E-state index contributed by atoms with van der Waals surface area (Å²) in [7, 11) is 0. The average Bonchev–Trinajstić information content (AvgIpc) is 1.97. The Morgan fingerprint density at radius 1 is 1.42 bits per heavy atom. The molecule has 0 fully saturated rings. The third kappa shape index (κ3) is 1.95. The summed E-state index contributed by atoms with van der Waals surface area (Å²) in [6.07, 6.45) is 0. The molecule has 3 N–H and O–H groups in total. The van der Waals surface area contributed by atoms with Crippen molar-refractivity contribution in [3.05, 3.63) is 29.3 Å². The van der Waals surface area contributed by atoms with Crippen molar-refractivity contribution in [2.75, 3.05) is 5.32 Å². The predicted octanol–water partition coefficient (Wildman–Crippen LogP) is 2.45. The van der Waals surface area contributed by atoms with Crippen molar-refractivity contribution >= 4 is 23.0 Å². The number of hydrogen-bond donors (Lipinski definition) is 2. The number of nitrogens with one attached hydrogen (secondary N) is 1. The summed E-state index contributed by atoms with van der Waals surface area (Å²) in [5, 5.41) is 3.26. The second kappa shape index (κ2) is 3.54. The Bertz CT molecular complexity index is 295. The molecule has 1 aromatic carbocycles. The molecule has 0 spiro atoms. The van der Waals surface area contributed by atoms with E-state index in [9.17, 15) is 0 Å². The van der Waals surface area contributed by atoms with Crippen molar-refractivity contribution in [2.24, 2.45) is 5.73 Å². The maximum absolute atomic E-state index is 5.38. The first-order valence-electron chi connectivity index (χ1n) is 3.74. The van der Waals surface area contributed by atoms with Crippen LogP contribution in [0.4, 0.5) is 5.69 Å². The molecule has 0 amide bonds. The van der Waals surface area contributed by atoms with E-state index >= 15 is 0 Å². The minimum atomic E-state index is 0. The van der Waals surface area contributed by atoms with Crippen molar-refractivity contribution in [3.63, 3.8) is 0 Å². The van der Waals surface area contributed by atoms with Gasteiger partial charge < -0.3 is 11.1 Å². The number of benzene rings is 1. The van der Waals surface area contributed by atoms with Gasteiger partial charge in [0.2, 0.25) is 0 Å². The molecule has 1 rings (SSSR count). The standard InChI is InChI=1S/C9H12N2S.2H2/c1-6-4-3-5-7(2)8(6)11-9(10)12;;/h3-5H,1-2H3,(H3,10,11,12);2*1H. The molecule has 68 valence electrons. The molecular weight excluding hydrogens is 168 g/mol. The number of nitrogens with two attached hydrogens (primary N) is 1. The van der Waals surface area contributed by atoms with Crippen molar-refractivity contribution in [2.45, 2.75) is 13.8 Å². The second-order valence-corrected chi connectivity index (χ2v) is 3.20. The van der Waals surface area contributed by atoms with Crippen LogP contribution < -0.4 is 11.1 Å². The smallest absolute Gasteiger partial charge is 0.168 e. The van der Waals surface area contributed by atoms with Crippen molar-refractivity contribution < 1.29 is 2.85 Å². The second-order valence-electron chi connectivity index (χ2n) is 2.76. The minimum absolute atomic E-state index is 0. The SMILES string of the molecule is Cc1cccc(C)c1NC(N)=S.[HH].[HH]. The summed E-state index contributed by atoms with van der Waals surface area (Å²) in [4.78, 5) is 0. The third-order valence-electron chi connectivity index (χ3n) is 1.73. The van der Waals surface area contributed by atoms with Crippen molar-refractivity contribution in [3.8, 4) is 0 Å². The molecule has 0 bridgehead atoms. The Balaban J connectivity index is 0. The largest absolute Gasteiger partial charge is 0.376 e. The maximum atomic E-state index is 5.38. The lowest BCUT2D eigenvalue weighted by molar-refractivity contribution is 1.37. The summed E-state index contributed by atoms with van der Waals surface area (Å²) < 4.78 is 0. The molecule has 12 heavy (non-hydrogen) atoms. The lowest BCUT2D eigenvalue weighted by Crippen LogP contribution is -2.20. The fourth-order valence-electron chi connectivity index (χ4n) is 1.13. The van der Waals surface area contributed by atoms with E-state index in [-0.39, 0.29) is 2.85 Å². The Morgan fingerprint density at radius 3 is 2.33 bits per heavy atom. The van der Waals surface area contributed by atoms with E-state index in [1.807, 2.05) is 32.0 Å². The number of thiocarbonyl (C=S) groups is 1. The van der Waals surface area contributed by atoms with Crippen molar-refractivity contribution in [1.29, 1.82) is 0 Å². The van der Waals surface area contributed by atoms with Crippen LogP contribution in [0.1, 0.15) is 14.0 Å². The minimum Gasteiger partial charge on any atom is -0.376 e. The fourth-order valence-corrected chi connectivity index (χ4v) is 1.24. The average molecular weight is 184 g/mol. The predicted molar refractivity (Wildman–Crippen MR) is 60.6 cm³/mol. The van der Waals surface area contributed by atoms with Crippen LogP contribution in [-0.4, -0.2) is 5.11 Å². The van der Waals surface area contributed by atoms with Gasteiger partial charge in [-0.3, -0.25) is 0 Å². The van der Waals surface area contributed by atoms with Gasteiger partial charge in [-0.1, -0.05) is 18.2 Å². The quantitative estimate of drug-likeness (QED) is 0.658. The van der Waals surface area contributed by atoms with Crippen LogP contribution in [0.25, 0.3) is 0 Å². The first kappa shape index (κ1) is 9.00. The van der Waals surface area contributed by atoms with Gasteiger partial charge in [-0.15, -0.1) is 0 Å². The summed E-state index contributed by atoms with van der Waals surface area (Å²) >= 11 is 4.76. The molecule has 3 heteroatoms. The van der Waals surface area contributed by atoms with Crippen LogP contribution in [0.15, 0.2) is 18.2 Å². The van der Waals surface area contributed by atoms with Crippen LogP contribution >= 0.6 is 12.2 Å². The molecule has 2 nitrogen and oxygen atoms in total. The van der Waals surface area contributed by atoms with Crippen LogP contribution in [0.5, 0.6) is 0 Å². The van der Waals surface area contributed by atoms with E-state index in [1.54, 1.807) is 0 Å². The Hall–Kier alpha value is -1.09. The van der Waals surface area contributed by atoms with E-state index in [4.69, 9.17) is 18.0 Å². The third-order valence-corrected chi connectivity index (χ3v) is 1.83. The highest BCUT2D eigenvalue weighted by atomic mass is 32.1. The Morgan fingerprint density at radius 2 is 1.92 bits per heavy atom. The first-order chi connectivity index (χ1) is 5.61. The first-order valence-corrected chi connectivity index (χ1v) is 4.15. The van der Waals surface area contributed by atoms with Gasteiger partial charge in [-0.05, 0) is 37.2 Å². The van der Waals surface area contributed by atoms with E-state index in [1.165, 1.54) is 0 Å². The number of anilines is 1. The molecule has 0 aliphatic carbocycles. The maximum Gasteiger partial charge on any atom is 0.168 e. The number of para-hydroxylation sites is 1. The molecule has 0 aliphatic heterocycles. The van der Waals surface area contributed by atoms with Crippen LogP contribution in [0.2, 0.25) is 0 Å². The van der Waals surface area contributed by atoms with Crippen molar-refractivity contribution in [1.82, 2.24) is 0 Å². The highest BCUT2D eigenvalue weighted by molar-refractivity contribution is 7.80. The summed E-state index contributed by atoms with van der Waals surface area (Å²) in [5.41, 5.74) is 8.71. The lowest BCUT2D eigenvalue weighted by atomic mass is 10.1. The lowest BCUT2D eigenvalue weighted by Gasteiger charge is -2.10. The van der Waals surface area contributed by atoms with E-state index in [0.29, 0.717) is 5.11 Å². The Kier molecular flexibility index (Phi) is 2.65. The van der Waals surface area contributed by atoms with Gasteiger partial charge in [0.1, 0.15) is 0 Å². The molecule has 0 heterocycles. The normalized spacial score (nSPS) is 9.50. The zero-order valence-electron chi connectivity index (χ0n) is 7.22. The van der Waals surface area contributed by atoms with Gasteiger partial charge in [0, 0.05) is 8.54 Å². The monoisotopic (exact) mass is 184 g/mol. The molecule has 0 atom stereocenters. The van der Waals surface area contributed by atoms with Gasteiger partial charge in [-0.25, -0.2) is 0 Å². The number of rotatable bonds is 1. The van der Waals surface area contributed by atoms with Gasteiger partial charge >= 0.3 is 0 Å². The zero-order valence-corrected chi connectivity index (χ0v) is 8.03. The summed E-state index contributed by atoms with van der Waals surface area (Å²) in [5.74, 6) is 0. The zero-order chi connectivity index (χ0) is 9.14. The molecule has 0 radical (unpaired) electrons. The fraction of sp³-hybridized carbons (Fsp3) is 0.222. The summed E-state index contributed by atoms with van der Waals surface area (Å²) in [6.45, 7) is 4.04. The number of hydrogen-bond acceptors (Lipinski definition) is 1. The highest BCUT2D eigenvalue weighted by Gasteiger charge is 2.00. The number of aryl methyl sites for hydroxylation is 2. The Labute approximate surface area is 80.7 Å².